The summed E-state index contributed by atoms with van der Waals surface area (Å²) in [4.78, 5) is 35.4. The Morgan fingerprint density at radius 3 is 2.42 bits per heavy atom. The minimum atomic E-state index is -0.584. The number of nitrogens with zero attached hydrogens (tertiary/aromatic N) is 2. The third-order valence-electron chi connectivity index (χ3n) is 4.71. The van der Waals surface area contributed by atoms with Crippen LogP contribution in [0.25, 0.3) is 0 Å². The lowest BCUT2D eigenvalue weighted by Gasteiger charge is -2.09. The molecule has 0 bridgehead atoms. The highest BCUT2D eigenvalue weighted by Crippen LogP contribution is 2.23. The average Bonchev–Trinajstić information content (AvgIpc) is 2.77. The number of carbonyl (C=O) groups is 2. The molecule has 2 N–H and O–H groups in total. The molecule has 0 fully saturated rings. The normalized spacial score (nSPS) is 11.1. The second-order valence-electron chi connectivity index (χ2n) is 7.06. The Morgan fingerprint density at radius 2 is 1.73 bits per heavy atom. The number of amides is 2. The van der Waals surface area contributed by atoms with E-state index in [2.05, 4.69) is 15.8 Å². The molecule has 0 saturated heterocycles. The number of rotatable bonds is 6. The van der Waals surface area contributed by atoms with E-state index in [1.165, 1.54) is 30.3 Å². The van der Waals surface area contributed by atoms with Gasteiger partial charge in [0.1, 0.15) is 0 Å². The highest BCUT2D eigenvalue weighted by molar-refractivity contribution is 6.37. The van der Waals surface area contributed by atoms with Crippen LogP contribution in [0.15, 0.2) is 65.8 Å². The molecule has 0 aliphatic rings. The van der Waals surface area contributed by atoms with E-state index in [1.807, 2.05) is 0 Å². The first-order valence-corrected chi connectivity index (χ1v) is 10.4. The topological polar surface area (TPSA) is 114 Å². The first-order chi connectivity index (χ1) is 15.7. The van der Waals surface area contributed by atoms with Crippen LogP contribution in [0.1, 0.15) is 38.8 Å². The van der Waals surface area contributed by atoms with Crippen LogP contribution in [0.4, 0.5) is 11.4 Å². The van der Waals surface area contributed by atoms with Gasteiger partial charge in [-0.2, -0.15) is 5.10 Å². The lowest BCUT2D eigenvalue weighted by molar-refractivity contribution is -0.385. The van der Waals surface area contributed by atoms with Crippen molar-refractivity contribution in [2.75, 3.05) is 5.32 Å². The maximum absolute atomic E-state index is 12.5. The number of hydrogen-bond acceptors (Lipinski definition) is 5. The number of benzene rings is 3. The minimum absolute atomic E-state index is 0.115. The van der Waals surface area contributed by atoms with Gasteiger partial charge in [0.25, 0.3) is 17.5 Å². The molecule has 8 nitrogen and oxygen atoms in total. The van der Waals surface area contributed by atoms with Crippen LogP contribution in [0, 0.1) is 17.0 Å². The Balaban J connectivity index is 1.73. The molecule has 0 spiro atoms. The Labute approximate surface area is 199 Å². The van der Waals surface area contributed by atoms with E-state index in [0.29, 0.717) is 27.5 Å². The number of carbonyl (C=O) groups excluding carboxylic acids is 2. The predicted octanol–water partition coefficient (Wildman–Crippen LogP) is 5.62. The molecule has 0 heterocycles. The Morgan fingerprint density at radius 1 is 0.970 bits per heavy atom. The van der Waals surface area contributed by atoms with Gasteiger partial charge in [0, 0.05) is 27.9 Å². The van der Waals surface area contributed by atoms with Gasteiger partial charge in [0.2, 0.25) is 0 Å². The average molecular weight is 485 g/mol. The molecular weight excluding hydrogens is 467 g/mol. The van der Waals surface area contributed by atoms with Crippen LogP contribution in [-0.4, -0.2) is 22.4 Å². The third kappa shape index (κ3) is 5.94. The molecule has 0 aliphatic carbocycles. The maximum Gasteiger partial charge on any atom is 0.273 e. The van der Waals surface area contributed by atoms with Gasteiger partial charge in [-0.05, 0) is 55.8 Å². The Hall–Kier alpha value is -3.75. The molecule has 0 atom stereocenters. The molecule has 0 aromatic heterocycles. The summed E-state index contributed by atoms with van der Waals surface area (Å²) in [6.45, 7) is 3.27. The fraction of sp³-hybridized carbons (Fsp3) is 0.0870. The minimum Gasteiger partial charge on any atom is -0.322 e. The van der Waals surface area contributed by atoms with Gasteiger partial charge in [-0.3, -0.25) is 19.7 Å². The zero-order valence-electron chi connectivity index (χ0n) is 17.6. The number of hydrogen-bond donors (Lipinski definition) is 2. The van der Waals surface area contributed by atoms with Crippen LogP contribution in [0.3, 0.4) is 0 Å². The smallest absolute Gasteiger partial charge is 0.273 e. The maximum atomic E-state index is 12.5. The van der Waals surface area contributed by atoms with E-state index in [0.717, 1.165) is 0 Å². The summed E-state index contributed by atoms with van der Waals surface area (Å²) in [5.41, 5.74) is 4.69. The third-order valence-corrected chi connectivity index (χ3v) is 5.25. The lowest BCUT2D eigenvalue weighted by Crippen LogP contribution is -2.19. The first kappa shape index (κ1) is 23.9. The number of nitrogens with one attached hydrogen (secondary N) is 2. The highest BCUT2D eigenvalue weighted by atomic mass is 35.5. The number of nitro groups is 1. The van der Waals surface area contributed by atoms with E-state index in [-0.39, 0.29) is 21.8 Å². The summed E-state index contributed by atoms with van der Waals surface area (Å²) in [5, 5.41) is 18.6. The fourth-order valence-corrected chi connectivity index (χ4v) is 3.40. The van der Waals surface area contributed by atoms with Crippen LogP contribution < -0.4 is 10.7 Å². The van der Waals surface area contributed by atoms with Gasteiger partial charge in [-0.25, -0.2) is 5.43 Å². The molecule has 0 saturated carbocycles. The molecule has 3 aromatic rings. The SMILES string of the molecule is CC(=NNC(=O)c1ccc(C)c([N+](=O)[O-])c1)c1cccc(NC(=O)c2ccc(Cl)cc2Cl)c1. The predicted molar refractivity (Wildman–Crippen MR) is 128 cm³/mol. The van der Waals surface area contributed by atoms with Crippen molar-refractivity contribution in [3.05, 3.63) is 103 Å². The summed E-state index contributed by atoms with van der Waals surface area (Å²) in [6, 6.07) is 15.6. The monoisotopic (exact) mass is 484 g/mol. The van der Waals surface area contributed by atoms with Gasteiger partial charge in [-0.15, -0.1) is 0 Å². The standard InChI is InChI=1S/C23H18Cl2N4O4/c1-13-6-7-16(11-21(13)29(32)33)22(30)28-27-14(2)15-4-3-5-18(10-15)26-23(31)19-9-8-17(24)12-20(19)25/h3-12H,1-2H3,(H,26,31)(H,28,30). The van der Waals surface area contributed by atoms with E-state index < -0.39 is 16.7 Å². The van der Waals surface area contributed by atoms with E-state index >= 15 is 0 Å². The van der Waals surface area contributed by atoms with Crippen molar-refractivity contribution in [1.29, 1.82) is 0 Å². The summed E-state index contributed by atoms with van der Waals surface area (Å²) in [7, 11) is 0. The summed E-state index contributed by atoms with van der Waals surface area (Å²) >= 11 is 12.0. The summed E-state index contributed by atoms with van der Waals surface area (Å²) in [6.07, 6.45) is 0. The first-order valence-electron chi connectivity index (χ1n) is 9.62. The molecule has 0 radical (unpaired) electrons. The molecule has 0 aliphatic heterocycles. The van der Waals surface area contributed by atoms with Crippen molar-refractivity contribution in [2.45, 2.75) is 13.8 Å². The highest BCUT2D eigenvalue weighted by Gasteiger charge is 2.15. The summed E-state index contributed by atoms with van der Waals surface area (Å²) < 4.78 is 0. The number of hydrazone groups is 1. The largest absolute Gasteiger partial charge is 0.322 e. The van der Waals surface area contributed by atoms with Gasteiger partial charge >= 0.3 is 0 Å². The number of anilines is 1. The van der Waals surface area contributed by atoms with Crippen LogP contribution in [0.2, 0.25) is 10.0 Å². The zero-order valence-corrected chi connectivity index (χ0v) is 19.1. The molecule has 33 heavy (non-hydrogen) atoms. The lowest BCUT2D eigenvalue weighted by atomic mass is 10.1. The molecule has 0 unspecified atom stereocenters. The van der Waals surface area contributed by atoms with Crippen molar-refractivity contribution in [2.24, 2.45) is 5.10 Å². The van der Waals surface area contributed by atoms with E-state index in [4.69, 9.17) is 23.2 Å². The van der Waals surface area contributed by atoms with Crippen molar-refractivity contribution < 1.29 is 14.5 Å². The van der Waals surface area contributed by atoms with Crippen LogP contribution in [0.5, 0.6) is 0 Å². The molecule has 168 valence electrons. The quantitative estimate of drug-likeness (QED) is 0.268. The zero-order chi connectivity index (χ0) is 24.1. The second kappa shape index (κ2) is 10.2. The summed E-state index contributed by atoms with van der Waals surface area (Å²) in [5.74, 6) is -0.989. The number of aryl methyl sites for hydroxylation is 1. The van der Waals surface area contributed by atoms with Gasteiger partial charge < -0.3 is 5.32 Å². The number of halogens is 2. The Bertz CT molecular complexity index is 1290. The van der Waals surface area contributed by atoms with Crippen LogP contribution >= 0.6 is 23.2 Å². The molecule has 2 amide bonds. The Kier molecular flexibility index (Phi) is 7.42. The van der Waals surface area contributed by atoms with Crippen molar-refractivity contribution in [3.63, 3.8) is 0 Å². The molecular formula is C23H18Cl2N4O4. The molecule has 3 rings (SSSR count). The van der Waals surface area contributed by atoms with Crippen molar-refractivity contribution in [3.8, 4) is 0 Å². The van der Waals surface area contributed by atoms with Gasteiger partial charge in [0.05, 0.1) is 21.2 Å². The van der Waals surface area contributed by atoms with Crippen molar-refractivity contribution >= 4 is 52.1 Å². The van der Waals surface area contributed by atoms with Gasteiger partial charge in [0.15, 0.2) is 0 Å². The fourth-order valence-electron chi connectivity index (χ4n) is 2.91. The van der Waals surface area contributed by atoms with Crippen molar-refractivity contribution in [1.82, 2.24) is 5.43 Å². The van der Waals surface area contributed by atoms with Crippen LogP contribution in [-0.2, 0) is 0 Å². The molecule has 10 heteroatoms. The number of nitro benzene ring substituents is 1. The second-order valence-corrected chi connectivity index (χ2v) is 7.90. The van der Waals surface area contributed by atoms with E-state index in [1.54, 1.807) is 44.2 Å². The molecule has 3 aromatic carbocycles. The van der Waals surface area contributed by atoms with E-state index in [9.17, 15) is 19.7 Å². The van der Waals surface area contributed by atoms with Gasteiger partial charge in [-0.1, -0.05) is 41.4 Å².